The first kappa shape index (κ1) is 14.2. The summed E-state index contributed by atoms with van der Waals surface area (Å²) in [5, 5.41) is 0. The third-order valence-corrected chi connectivity index (χ3v) is 4.73. The van der Waals surface area contributed by atoms with Gasteiger partial charge >= 0.3 is 0 Å². The first-order valence-electron chi connectivity index (χ1n) is 7.76. The van der Waals surface area contributed by atoms with Crippen LogP contribution in [0.1, 0.15) is 48.9 Å². The Kier molecular flexibility index (Phi) is 4.04. The lowest BCUT2D eigenvalue weighted by Gasteiger charge is -2.33. The van der Waals surface area contributed by atoms with Gasteiger partial charge in [-0.2, -0.15) is 0 Å². The van der Waals surface area contributed by atoms with Gasteiger partial charge in [-0.1, -0.05) is 18.6 Å². The summed E-state index contributed by atoms with van der Waals surface area (Å²) in [6.45, 7) is 0.627. The Hall–Kier alpha value is -1.71. The van der Waals surface area contributed by atoms with Gasteiger partial charge in [0.05, 0.1) is 5.56 Å². The highest BCUT2D eigenvalue weighted by atomic mass is 19.1. The van der Waals surface area contributed by atoms with Crippen LogP contribution in [0, 0.1) is 11.7 Å². The van der Waals surface area contributed by atoms with E-state index in [-0.39, 0.29) is 29.2 Å². The van der Waals surface area contributed by atoms with Gasteiger partial charge in [-0.15, -0.1) is 0 Å². The summed E-state index contributed by atoms with van der Waals surface area (Å²) in [6.07, 6.45) is 5.26. The number of rotatable bonds is 2. The van der Waals surface area contributed by atoms with Crippen molar-refractivity contribution in [2.75, 3.05) is 6.54 Å². The second kappa shape index (κ2) is 5.96. The van der Waals surface area contributed by atoms with E-state index < -0.39 is 5.82 Å². The van der Waals surface area contributed by atoms with Gasteiger partial charge in [0, 0.05) is 24.9 Å². The molecule has 2 fully saturated rings. The molecule has 0 spiro atoms. The first-order chi connectivity index (χ1) is 10.2. The minimum absolute atomic E-state index is 0.0371. The number of hydrogen-bond acceptors (Lipinski definition) is 2. The number of likely N-dealkylation sites (tertiary alicyclic amines) is 1. The van der Waals surface area contributed by atoms with Gasteiger partial charge in [0.2, 0.25) is 0 Å². The summed E-state index contributed by atoms with van der Waals surface area (Å²) >= 11 is 0. The Morgan fingerprint density at radius 1 is 1.14 bits per heavy atom. The molecule has 0 aromatic heterocycles. The van der Waals surface area contributed by atoms with Crippen molar-refractivity contribution in [3.05, 3.63) is 35.6 Å². The molecular weight excluding hydrogens is 269 g/mol. The average molecular weight is 289 g/mol. The lowest BCUT2D eigenvalue weighted by molar-refractivity contribution is -0.126. The topological polar surface area (TPSA) is 37.4 Å². The second-order valence-electron chi connectivity index (χ2n) is 6.01. The van der Waals surface area contributed by atoms with Crippen LogP contribution in [0.5, 0.6) is 0 Å². The van der Waals surface area contributed by atoms with Crippen molar-refractivity contribution in [3.63, 3.8) is 0 Å². The number of halogens is 1. The third-order valence-electron chi connectivity index (χ3n) is 4.73. The predicted molar refractivity (Wildman–Crippen MR) is 77.4 cm³/mol. The van der Waals surface area contributed by atoms with E-state index in [1.807, 2.05) is 0 Å². The van der Waals surface area contributed by atoms with Crippen molar-refractivity contribution in [2.45, 2.75) is 44.6 Å². The monoisotopic (exact) mass is 289 g/mol. The van der Waals surface area contributed by atoms with Crippen molar-refractivity contribution in [2.24, 2.45) is 5.92 Å². The molecule has 112 valence electrons. The van der Waals surface area contributed by atoms with E-state index in [0.29, 0.717) is 13.0 Å². The van der Waals surface area contributed by atoms with Crippen molar-refractivity contribution in [1.29, 1.82) is 0 Å². The van der Waals surface area contributed by atoms with Crippen LogP contribution in [0.25, 0.3) is 0 Å². The molecule has 1 amide bonds. The molecule has 2 aliphatic rings. The standard InChI is InChI=1S/C17H20FNO2/c18-14-8-3-1-6-12(14)17(21)19-11-5-9-15(19)13-7-2-4-10-16(13)20/h1,3,6,8,13,15H,2,4-5,7,9-11H2. The number of carbonyl (C=O) groups is 2. The highest BCUT2D eigenvalue weighted by Crippen LogP contribution is 2.33. The molecule has 0 N–H and O–H groups in total. The van der Waals surface area contributed by atoms with Crippen LogP contribution in [0.4, 0.5) is 4.39 Å². The molecular formula is C17H20FNO2. The zero-order chi connectivity index (χ0) is 14.8. The van der Waals surface area contributed by atoms with E-state index in [2.05, 4.69) is 0 Å². The van der Waals surface area contributed by atoms with Crippen LogP contribution in [-0.2, 0) is 4.79 Å². The van der Waals surface area contributed by atoms with Gasteiger partial charge in [-0.25, -0.2) is 4.39 Å². The summed E-state index contributed by atoms with van der Waals surface area (Å²) in [6, 6.07) is 6.05. The molecule has 0 radical (unpaired) electrons. The molecule has 1 heterocycles. The smallest absolute Gasteiger partial charge is 0.257 e. The molecule has 3 rings (SSSR count). The summed E-state index contributed by atoms with van der Waals surface area (Å²) < 4.78 is 13.8. The number of amides is 1. The van der Waals surface area contributed by atoms with Gasteiger partial charge in [0.1, 0.15) is 11.6 Å². The summed E-state index contributed by atoms with van der Waals surface area (Å²) in [5.74, 6) is -0.520. The Labute approximate surface area is 124 Å². The van der Waals surface area contributed by atoms with Gasteiger partial charge in [0.25, 0.3) is 5.91 Å². The number of benzene rings is 1. The van der Waals surface area contributed by atoms with Gasteiger partial charge < -0.3 is 4.90 Å². The fraction of sp³-hybridized carbons (Fsp3) is 0.529. The molecule has 4 heteroatoms. The fourth-order valence-electron chi connectivity index (χ4n) is 3.67. The highest BCUT2D eigenvalue weighted by molar-refractivity contribution is 5.95. The summed E-state index contributed by atoms with van der Waals surface area (Å²) in [4.78, 5) is 26.5. The lowest BCUT2D eigenvalue weighted by atomic mass is 9.81. The molecule has 21 heavy (non-hydrogen) atoms. The van der Waals surface area contributed by atoms with Crippen LogP contribution >= 0.6 is 0 Å². The van der Waals surface area contributed by atoms with Crippen molar-refractivity contribution in [3.8, 4) is 0 Å². The molecule has 3 nitrogen and oxygen atoms in total. The van der Waals surface area contributed by atoms with Crippen molar-refractivity contribution in [1.82, 2.24) is 4.90 Å². The molecule has 1 aliphatic heterocycles. The van der Waals surface area contributed by atoms with Gasteiger partial charge in [-0.3, -0.25) is 9.59 Å². The highest BCUT2D eigenvalue weighted by Gasteiger charge is 2.39. The minimum atomic E-state index is -0.483. The van der Waals surface area contributed by atoms with Gasteiger partial charge in [-0.05, 0) is 37.8 Å². The van der Waals surface area contributed by atoms with Crippen LogP contribution in [0.3, 0.4) is 0 Å². The largest absolute Gasteiger partial charge is 0.335 e. The number of carbonyl (C=O) groups excluding carboxylic acids is 2. The lowest BCUT2D eigenvalue weighted by Crippen LogP contribution is -2.44. The number of nitrogens with zero attached hydrogens (tertiary/aromatic N) is 1. The Bertz CT molecular complexity index is 557. The zero-order valence-corrected chi connectivity index (χ0v) is 12.1. The maximum absolute atomic E-state index is 13.8. The van der Waals surface area contributed by atoms with Gasteiger partial charge in [0.15, 0.2) is 0 Å². The normalized spacial score (nSPS) is 26.1. The van der Waals surface area contributed by atoms with E-state index in [1.165, 1.54) is 12.1 Å². The molecule has 1 aromatic carbocycles. The molecule has 1 saturated carbocycles. The van der Waals surface area contributed by atoms with E-state index >= 15 is 0 Å². The van der Waals surface area contributed by atoms with E-state index in [4.69, 9.17) is 0 Å². The maximum Gasteiger partial charge on any atom is 0.257 e. The first-order valence-corrected chi connectivity index (χ1v) is 7.76. The number of ketones is 1. The van der Waals surface area contributed by atoms with Crippen LogP contribution in [0.2, 0.25) is 0 Å². The molecule has 2 atom stereocenters. The Morgan fingerprint density at radius 3 is 2.71 bits per heavy atom. The molecule has 1 aromatic rings. The van der Waals surface area contributed by atoms with Crippen molar-refractivity contribution >= 4 is 11.7 Å². The second-order valence-corrected chi connectivity index (χ2v) is 6.01. The Morgan fingerprint density at radius 2 is 1.95 bits per heavy atom. The quantitative estimate of drug-likeness (QED) is 0.838. The third kappa shape index (κ3) is 2.71. The molecule has 2 unspecified atom stereocenters. The molecule has 1 aliphatic carbocycles. The average Bonchev–Trinajstić information content (AvgIpc) is 2.97. The van der Waals surface area contributed by atoms with Crippen LogP contribution in [0.15, 0.2) is 24.3 Å². The molecule has 0 bridgehead atoms. The van der Waals surface area contributed by atoms with E-state index in [0.717, 1.165) is 32.1 Å². The maximum atomic E-state index is 13.8. The van der Waals surface area contributed by atoms with E-state index in [9.17, 15) is 14.0 Å². The minimum Gasteiger partial charge on any atom is -0.335 e. The van der Waals surface area contributed by atoms with Crippen LogP contribution < -0.4 is 0 Å². The summed E-state index contributed by atoms with van der Waals surface area (Å²) in [7, 11) is 0. The summed E-state index contributed by atoms with van der Waals surface area (Å²) in [5.41, 5.74) is 0.118. The van der Waals surface area contributed by atoms with Crippen LogP contribution in [-0.4, -0.2) is 29.2 Å². The fourth-order valence-corrected chi connectivity index (χ4v) is 3.67. The Balaban J connectivity index is 1.82. The molecule has 1 saturated heterocycles. The van der Waals surface area contributed by atoms with E-state index in [1.54, 1.807) is 17.0 Å². The zero-order valence-electron chi connectivity index (χ0n) is 12.1. The SMILES string of the molecule is O=C1CCCCC1C1CCCN1C(=O)c1ccccc1F. The number of Topliss-reactive ketones (excluding diaryl/α,β-unsaturated/α-hetero) is 1. The number of hydrogen-bond donors (Lipinski definition) is 0. The predicted octanol–water partition coefficient (Wildman–Crippen LogP) is 3.19. The van der Waals surface area contributed by atoms with Crippen molar-refractivity contribution < 1.29 is 14.0 Å².